The average Bonchev–Trinajstić information content (AvgIpc) is 1.94. The van der Waals surface area contributed by atoms with Gasteiger partial charge < -0.3 is 0 Å². The van der Waals surface area contributed by atoms with Gasteiger partial charge in [-0.05, 0) is 41.1 Å². The molecule has 0 aliphatic carbocycles. The zero-order chi connectivity index (χ0) is 8.43. The minimum atomic E-state index is -2.47. The van der Waals surface area contributed by atoms with Gasteiger partial charge in [0, 0.05) is 9.77 Å². The molecule has 0 spiro atoms. The molecule has 0 atom stereocenters. The van der Waals surface area contributed by atoms with E-state index in [9.17, 15) is 8.78 Å². The van der Waals surface area contributed by atoms with E-state index in [1.165, 1.54) is 6.20 Å². The molecule has 0 fully saturated rings. The van der Waals surface area contributed by atoms with Crippen molar-refractivity contribution in [2.75, 3.05) is 0 Å². The highest BCUT2D eigenvalue weighted by atomic mass is 127. The minimum Gasteiger partial charge on any atom is -0.255 e. The van der Waals surface area contributed by atoms with Crippen molar-refractivity contribution in [2.45, 2.75) is 13.3 Å². The number of aromatic nitrogens is 1. The van der Waals surface area contributed by atoms with E-state index in [0.29, 0.717) is 5.56 Å². The summed E-state index contributed by atoms with van der Waals surface area (Å²) in [5.74, 6) is 0. The Labute approximate surface area is 77.0 Å². The Morgan fingerprint density at radius 2 is 2.18 bits per heavy atom. The molecule has 0 saturated heterocycles. The Bertz CT molecular complexity index is 263. The van der Waals surface area contributed by atoms with Crippen LogP contribution in [0.4, 0.5) is 8.78 Å². The van der Waals surface area contributed by atoms with Crippen LogP contribution in [0, 0.1) is 10.5 Å². The van der Waals surface area contributed by atoms with Gasteiger partial charge in [-0.2, -0.15) is 0 Å². The third-order valence-electron chi connectivity index (χ3n) is 1.38. The van der Waals surface area contributed by atoms with Gasteiger partial charge in [0.25, 0.3) is 6.43 Å². The molecule has 0 radical (unpaired) electrons. The maximum atomic E-state index is 12.1. The maximum absolute atomic E-state index is 12.1. The molecule has 0 aliphatic heterocycles. The highest BCUT2D eigenvalue weighted by Crippen LogP contribution is 2.22. The molecule has 0 N–H and O–H groups in total. The average molecular weight is 269 g/mol. The molecule has 1 nitrogen and oxygen atoms in total. The van der Waals surface area contributed by atoms with Crippen LogP contribution < -0.4 is 0 Å². The number of rotatable bonds is 1. The predicted molar refractivity (Wildman–Crippen MR) is 46.6 cm³/mol. The fourth-order valence-electron chi connectivity index (χ4n) is 0.747. The molecule has 11 heavy (non-hydrogen) atoms. The highest BCUT2D eigenvalue weighted by Gasteiger charge is 2.12. The Kier molecular flexibility index (Phi) is 2.75. The molecular formula is C7H6F2IN. The van der Waals surface area contributed by atoms with E-state index in [4.69, 9.17) is 0 Å². The topological polar surface area (TPSA) is 12.9 Å². The first-order valence-corrected chi connectivity index (χ1v) is 4.10. The van der Waals surface area contributed by atoms with Gasteiger partial charge >= 0.3 is 0 Å². The number of hydrogen-bond donors (Lipinski definition) is 0. The molecule has 0 amide bonds. The quantitative estimate of drug-likeness (QED) is 0.714. The van der Waals surface area contributed by atoms with E-state index in [1.54, 1.807) is 13.0 Å². The van der Waals surface area contributed by atoms with Crippen LogP contribution >= 0.6 is 22.6 Å². The Morgan fingerprint density at radius 3 is 2.64 bits per heavy atom. The molecule has 0 bridgehead atoms. The third-order valence-corrected chi connectivity index (χ3v) is 2.55. The maximum Gasteiger partial charge on any atom is 0.280 e. The number of pyridine rings is 1. The highest BCUT2D eigenvalue weighted by molar-refractivity contribution is 14.1. The van der Waals surface area contributed by atoms with Crippen LogP contribution in [0.3, 0.4) is 0 Å². The molecule has 0 unspecified atom stereocenters. The van der Waals surface area contributed by atoms with E-state index >= 15 is 0 Å². The number of nitrogens with zero attached hydrogens (tertiary/aromatic N) is 1. The normalized spacial score (nSPS) is 10.6. The number of hydrogen-bond acceptors (Lipinski definition) is 1. The van der Waals surface area contributed by atoms with Crippen molar-refractivity contribution in [3.05, 3.63) is 27.1 Å². The van der Waals surface area contributed by atoms with Crippen molar-refractivity contribution in [1.29, 1.82) is 0 Å². The lowest BCUT2D eigenvalue weighted by Gasteiger charge is -2.03. The summed E-state index contributed by atoms with van der Waals surface area (Å²) in [6, 6.07) is 1.71. The standard InChI is InChI=1S/C7H6F2IN/c1-4-5(10)2-3-11-6(4)7(8)9/h2-3,7H,1H3. The van der Waals surface area contributed by atoms with Gasteiger partial charge in [0.2, 0.25) is 0 Å². The molecular weight excluding hydrogens is 263 g/mol. The van der Waals surface area contributed by atoms with E-state index < -0.39 is 6.43 Å². The second kappa shape index (κ2) is 3.42. The van der Waals surface area contributed by atoms with Gasteiger partial charge in [-0.1, -0.05) is 0 Å². The van der Waals surface area contributed by atoms with E-state index in [2.05, 4.69) is 4.98 Å². The molecule has 1 heterocycles. The van der Waals surface area contributed by atoms with E-state index in [-0.39, 0.29) is 5.69 Å². The monoisotopic (exact) mass is 269 g/mol. The van der Waals surface area contributed by atoms with Gasteiger partial charge in [0.15, 0.2) is 0 Å². The van der Waals surface area contributed by atoms with Gasteiger partial charge in [0.1, 0.15) is 5.69 Å². The van der Waals surface area contributed by atoms with Crippen molar-refractivity contribution < 1.29 is 8.78 Å². The second-order valence-corrected chi connectivity index (χ2v) is 3.27. The summed E-state index contributed by atoms with van der Waals surface area (Å²) in [5, 5.41) is 0. The Hall–Kier alpha value is -0.260. The Morgan fingerprint density at radius 1 is 1.55 bits per heavy atom. The van der Waals surface area contributed by atoms with Gasteiger partial charge in [-0.15, -0.1) is 0 Å². The van der Waals surface area contributed by atoms with Crippen LogP contribution in [0.15, 0.2) is 12.3 Å². The summed E-state index contributed by atoms with van der Waals surface area (Å²) in [4.78, 5) is 3.58. The van der Waals surface area contributed by atoms with Crippen molar-refractivity contribution in [3.63, 3.8) is 0 Å². The molecule has 0 aliphatic rings. The molecule has 4 heteroatoms. The molecule has 0 aromatic carbocycles. The number of halogens is 3. The smallest absolute Gasteiger partial charge is 0.255 e. The first-order valence-electron chi connectivity index (χ1n) is 3.02. The van der Waals surface area contributed by atoms with Crippen molar-refractivity contribution >= 4 is 22.6 Å². The predicted octanol–water partition coefficient (Wildman–Crippen LogP) is 2.93. The van der Waals surface area contributed by atoms with Crippen molar-refractivity contribution in [1.82, 2.24) is 4.98 Å². The van der Waals surface area contributed by atoms with Crippen LogP contribution in [0.25, 0.3) is 0 Å². The molecule has 1 rings (SSSR count). The van der Waals surface area contributed by atoms with Gasteiger partial charge in [-0.3, -0.25) is 4.98 Å². The van der Waals surface area contributed by atoms with Gasteiger partial charge in [0.05, 0.1) is 0 Å². The summed E-state index contributed by atoms with van der Waals surface area (Å²) in [5.41, 5.74) is 0.458. The van der Waals surface area contributed by atoms with Gasteiger partial charge in [-0.25, -0.2) is 8.78 Å². The van der Waals surface area contributed by atoms with Crippen LogP contribution in [-0.4, -0.2) is 4.98 Å². The lowest BCUT2D eigenvalue weighted by molar-refractivity contribution is 0.145. The summed E-state index contributed by atoms with van der Waals surface area (Å²) in [7, 11) is 0. The number of alkyl halides is 2. The van der Waals surface area contributed by atoms with Crippen LogP contribution in [0.5, 0.6) is 0 Å². The first kappa shape index (κ1) is 8.83. The first-order chi connectivity index (χ1) is 5.13. The fourth-order valence-corrected chi connectivity index (χ4v) is 1.18. The third kappa shape index (κ3) is 1.85. The molecule has 0 saturated carbocycles. The van der Waals surface area contributed by atoms with Crippen molar-refractivity contribution in [3.8, 4) is 0 Å². The van der Waals surface area contributed by atoms with Crippen molar-refractivity contribution in [2.24, 2.45) is 0 Å². The lowest BCUT2D eigenvalue weighted by Crippen LogP contribution is -1.95. The zero-order valence-electron chi connectivity index (χ0n) is 5.81. The summed E-state index contributed by atoms with van der Waals surface area (Å²) < 4.78 is 25.1. The molecule has 60 valence electrons. The molecule has 1 aromatic heterocycles. The van der Waals surface area contributed by atoms with Crippen LogP contribution in [-0.2, 0) is 0 Å². The SMILES string of the molecule is Cc1c(I)ccnc1C(F)F. The Balaban J connectivity index is 3.17. The second-order valence-electron chi connectivity index (χ2n) is 2.10. The summed E-state index contributed by atoms with van der Waals surface area (Å²) >= 11 is 2.01. The lowest BCUT2D eigenvalue weighted by atomic mass is 10.2. The zero-order valence-corrected chi connectivity index (χ0v) is 7.97. The summed E-state index contributed by atoms with van der Waals surface area (Å²) in [6.07, 6.45) is -1.07. The largest absolute Gasteiger partial charge is 0.280 e. The van der Waals surface area contributed by atoms with Crippen LogP contribution in [0.2, 0.25) is 0 Å². The fraction of sp³-hybridized carbons (Fsp3) is 0.286. The van der Waals surface area contributed by atoms with Crippen LogP contribution in [0.1, 0.15) is 17.7 Å². The molecule has 1 aromatic rings. The van der Waals surface area contributed by atoms with E-state index in [0.717, 1.165) is 3.57 Å². The minimum absolute atomic E-state index is 0.114. The summed E-state index contributed by atoms with van der Waals surface area (Å²) in [6.45, 7) is 1.65. The van der Waals surface area contributed by atoms with E-state index in [1.807, 2.05) is 22.6 Å².